The molecule has 0 fully saturated rings. The van der Waals surface area contributed by atoms with E-state index in [4.69, 9.17) is 18.9 Å². The zero-order valence-electron chi connectivity index (χ0n) is 16.6. The summed E-state index contributed by atoms with van der Waals surface area (Å²) in [7, 11) is 1.50. The van der Waals surface area contributed by atoms with Gasteiger partial charge in [0.15, 0.2) is 23.0 Å². The van der Waals surface area contributed by atoms with Crippen LogP contribution in [0.5, 0.6) is 23.0 Å². The van der Waals surface area contributed by atoms with Gasteiger partial charge in [-0.05, 0) is 18.2 Å². The molecule has 0 atom stereocenters. The van der Waals surface area contributed by atoms with Crippen molar-refractivity contribution in [2.45, 2.75) is 4.90 Å². The van der Waals surface area contributed by atoms with E-state index in [1.807, 2.05) is 0 Å². The third-order valence-corrected chi connectivity index (χ3v) is 5.77. The molecule has 2 aromatic carbocycles. The lowest BCUT2D eigenvalue weighted by molar-refractivity contribution is 0.0692. The molecule has 0 amide bonds. The van der Waals surface area contributed by atoms with E-state index in [0.717, 1.165) is 0 Å². The lowest BCUT2D eigenvalue weighted by Crippen LogP contribution is -2.15. The average Bonchev–Trinajstić information content (AvgIpc) is 3.08. The predicted molar refractivity (Wildman–Crippen MR) is 109 cm³/mol. The van der Waals surface area contributed by atoms with Crippen LogP contribution in [0.3, 0.4) is 0 Å². The molecule has 0 aliphatic carbocycles. The number of nitrogens with one attached hydrogen (secondary N) is 2. The second-order valence-corrected chi connectivity index (χ2v) is 7.74. The van der Waals surface area contributed by atoms with Gasteiger partial charge in [-0.15, -0.1) is 0 Å². The van der Waals surface area contributed by atoms with Gasteiger partial charge in [-0.2, -0.15) is 0 Å². The molecule has 10 nitrogen and oxygen atoms in total. The standard InChI is InChI=1S/C19H20N2O8S/c1-26-13-6-5-10(7-14(13)27-2)30(24,25)21-17-11-8-15(28-3)16(29-4)9-12(11)20-18(17)19(22)23/h5-9,20-21H,1-4H3,(H,22,23). The summed E-state index contributed by atoms with van der Waals surface area (Å²) in [6, 6.07) is 7.05. The van der Waals surface area contributed by atoms with E-state index >= 15 is 0 Å². The minimum atomic E-state index is -4.16. The monoisotopic (exact) mass is 436 g/mol. The van der Waals surface area contributed by atoms with Crippen LogP contribution in [0.2, 0.25) is 0 Å². The second kappa shape index (κ2) is 8.03. The Morgan fingerprint density at radius 2 is 1.47 bits per heavy atom. The molecule has 30 heavy (non-hydrogen) atoms. The normalized spacial score (nSPS) is 11.2. The van der Waals surface area contributed by atoms with Crippen molar-refractivity contribution in [1.82, 2.24) is 4.98 Å². The first kappa shape index (κ1) is 21.1. The fraction of sp³-hybridized carbons (Fsp3) is 0.211. The molecule has 3 rings (SSSR count). The maximum atomic E-state index is 13.0. The van der Waals surface area contributed by atoms with Crippen LogP contribution in [-0.4, -0.2) is 52.9 Å². The zero-order valence-corrected chi connectivity index (χ0v) is 17.4. The highest BCUT2D eigenvalue weighted by Gasteiger charge is 2.25. The van der Waals surface area contributed by atoms with Gasteiger partial charge in [-0.1, -0.05) is 0 Å². The van der Waals surface area contributed by atoms with Crippen LogP contribution >= 0.6 is 0 Å². The fourth-order valence-electron chi connectivity index (χ4n) is 2.96. The fourth-order valence-corrected chi connectivity index (χ4v) is 4.07. The molecule has 1 aromatic heterocycles. The van der Waals surface area contributed by atoms with Crippen LogP contribution in [0.15, 0.2) is 35.2 Å². The number of carboxylic acid groups (broad SMARTS) is 1. The lowest BCUT2D eigenvalue weighted by atomic mass is 10.2. The number of ether oxygens (including phenoxy) is 4. The van der Waals surface area contributed by atoms with Crippen molar-refractivity contribution in [3.8, 4) is 23.0 Å². The Morgan fingerprint density at radius 3 is 2.03 bits per heavy atom. The first-order valence-corrected chi connectivity index (χ1v) is 9.99. The zero-order chi connectivity index (χ0) is 22.1. The average molecular weight is 436 g/mol. The van der Waals surface area contributed by atoms with E-state index in [1.165, 1.54) is 58.8 Å². The Kier molecular flexibility index (Phi) is 5.65. The molecule has 3 aromatic rings. The predicted octanol–water partition coefficient (Wildman–Crippen LogP) is 2.70. The summed E-state index contributed by atoms with van der Waals surface area (Å²) in [4.78, 5) is 14.3. The molecule has 0 saturated heterocycles. The first-order chi connectivity index (χ1) is 14.2. The summed E-state index contributed by atoms with van der Waals surface area (Å²) < 4.78 is 49.1. The lowest BCUT2D eigenvalue weighted by Gasteiger charge is -2.12. The topological polar surface area (TPSA) is 136 Å². The third kappa shape index (κ3) is 3.66. The Hall–Kier alpha value is -3.60. The van der Waals surface area contributed by atoms with Gasteiger partial charge in [0.1, 0.15) is 5.69 Å². The highest BCUT2D eigenvalue weighted by Crippen LogP contribution is 2.38. The molecule has 1 heterocycles. The van der Waals surface area contributed by atoms with Crippen molar-refractivity contribution in [3.63, 3.8) is 0 Å². The number of carbonyl (C=O) groups is 1. The summed E-state index contributed by atoms with van der Waals surface area (Å²) in [5.74, 6) is -0.102. The number of H-pyrrole nitrogens is 1. The number of carboxylic acids is 1. The summed E-state index contributed by atoms with van der Waals surface area (Å²) in [5.41, 5.74) is -0.104. The quantitative estimate of drug-likeness (QED) is 0.490. The van der Waals surface area contributed by atoms with Crippen LogP contribution in [0.25, 0.3) is 10.9 Å². The van der Waals surface area contributed by atoms with Crippen molar-refractivity contribution >= 4 is 32.6 Å². The van der Waals surface area contributed by atoms with E-state index in [0.29, 0.717) is 28.2 Å². The number of fused-ring (bicyclic) bond motifs is 1. The Labute approximate surface area is 172 Å². The molecular formula is C19H20N2O8S. The third-order valence-electron chi connectivity index (χ3n) is 4.42. The molecule has 0 aliphatic heterocycles. The number of benzene rings is 2. The maximum Gasteiger partial charge on any atom is 0.354 e. The van der Waals surface area contributed by atoms with Gasteiger partial charge in [0.05, 0.1) is 44.5 Å². The van der Waals surface area contributed by atoms with Crippen molar-refractivity contribution in [2.24, 2.45) is 0 Å². The highest BCUT2D eigenvalue weighted by molar-refractivity contribution is 7.92. The molecule has 11 heteroatoms. The number of aromatic carboxylic acids is 1. The Morgan fingerprint density at radius 1 is 0.900 bits per heavy atom. The summed E-state index contributed by atoms with van der Waals surface area (Å²) >= 11 is 0. The Balaban J connectivity index is 2.16. The highest BCUT2D eigenvalue weighted by atomic mass is 32.2. The van der Waals surface area contributed by atoms with Crippen LogP contribution in [0.1, 0.15) is 10.5 Å². The second-order valence-electron chi connectivity index (χ2n) is 6.06. The van der Waals surface area contributed by atoms with Crippen molar-refractivity contribution in [2.75, 3.05) is 33.2 Å². The molecule has 0 radical (unpaired) electrons. The number of rotatable bonds is 8. The van der Waals surface area contributed by atoms with Gasteiger partial charge in [0.25, 0.3) is 10.0 Å². The molecule has 0 bridgehead atoms. The summed E-state index contributed by atoms with van der Waals surface area (Å²) in [5, 5.41) is 9.87. The summed E-state index contributed by atoms with van der Waals surface area (Å²) in [6.07, 6.45) is 0. The van der Waals surface area contributed by atoms with E-state index in [-0.39, 0.29) is 22.0 Å². The molecule has 0 saturated carbocycles. The molecule has 0 unspecified atom stereocenters. The van der Waals surface area contributed by atoms with E-state index in [1.54, 1.807) is 0 Å². The number of sulfonamides is 1. The number of anilines is 1. The van der Waals surface area contributed by atoms with Gasteiger partial charge < -0.3 is 29.0 Å². The largest absolute Gasteiger partial charge is 0.493 e. The minimum absolute atomic E-state index is 0.131. The van der Waals surface area contributed by atoms with Gasteiger partial charge in [-0.3, -0.25) is 4.72 Å². The van der Waals surface area contributed by atoms with E-state index in [2.05, 4.69) is 9.71 Å². The summed E-state index contributed by atoms with van der Waals surface area (Å²) in [6.45, 7) is 0. The van der Waals surface area contributed by atoms with Gasteiger partial charge in [0, 0.05) is 17.5 Å². The van der Waals surface area contributed by atoms with Gasteiger partial charge >= 0.3 is 5.97 Å². The number of aromatic amines is 1. The van der Waals surface area contributed by atoms with Crippen molar-refractivity contribution < 1.29 is 37.3 Å². The van der Waals surface area contributed by atoms with Crippen LogP contribution in [-0.2, 0) is 10.0 Å². The smallest absolute Gasteiger partial charge is 0.354 e. The first-order valence-electron chi connectivity index (χ1n) is 8.51. The van der Waals surface area contributed by atoms with Crippen molar-refractivity contribution in [1.29, 1.82) is 0 Å². The molecular weight excluding hydrogens is 416 g/mol. The molecule has 0 spiro atoms. The van der Waals surface area contributed by atoms with E-state index < -0.39 is 16.0 Å². The van der Waals surface area contributed by atoms with Crippen LogP contribution in [0, 0.1) is 0 Å². The number of aromatic nitrogens is 1. The van der Waals surface area contributed by atoms with Crippen molar-refractivity contribution in [3.05, 3.63) is 36.0 Å². The van der Waals surface area contributed by atoms with Gasteiger partial charge in [-0.25, -0.2) is 13.2 Å². The maximum absolute atomic E-state index is 13.0. The number of hydrogen-bond donors (Lipinski definition) is 3. The molecule has 160 valence electrons. The minimum Gasteiger partial charge on any atom is -0.493 e. The number of methoxy groups -OCH3 is 4. The van der Waals surface area contributed by atoms with Crippen LogP contribution < -0.4 is 23.7 Å². The van der Waals surface area contributed by atoms with Crippen LogP contribution in [0.4, 0.5) is 5.69 Å². The van der Waals surface area contributed by atoms with E-state index in [9.17, 15) is 18.3 Å². The van der Waals surface area contributed by atoms with Gasteiger partial charge in [0.2, 0.25) is 0 Å². The Bertz CT molecular complexity index is 1220. The SMILES string of the molecule is COc1ccc(S(=O)(=O)Nc2c(C(=O)O)[nH]c3cc(OC)c(OC)cc23)cc1OC. The molecule has 3 N–H and O–H groups in total. The number of hydrogen-bond acceptors (Lipinski definition) is 7. The molecule has 0 aliphatic rings.